The summed E-state index contributed by atoms with van der Waals surface area (Å²) in [6.45, 7) is 2.13. The monoisotopic (exact) mass is 287 g/mol. The molecule has 1 atom stereocenters. The lowest BCUT2D eigenvalue weighted by atomic mass is 10.1. The summed E-state index contributed by atoms with van der Waals surface area (Å²) in [4.78, 5) is 0. The van der Waals surface area contributed by atoms with Gasteiger partial charge in [-0.1, -0.05) is 0 Å². The molecule has 0 saturated carbocycles. The lowest BCUT2D eigenvalue weighted by molar-refractivity contribution is 0.394. The van der Waals surface area contributed by atoms with Crippen LogP contribution >= 0.6 is 15.9 Å². The van der Waals surface area contributed by atoms with Gasteiger partial charge in [0.1, 0.15) is 11.5 Å². The summed E-state index contributed by atoms with van der Waals surface area (Å²) < 4.78 is 11.5. The van der Waals surface area contributed by atoms with E-state index < -0.39 is 0 Å². The van der Waals surface area contributed by atoms with E-state index in [0.717, 1.165) is 28.0 Å². The fourth-order valence-corrected chi connectivity index (χ4v) is 2.00. The number of hydrogen-bond donors (Lipinski definition) is 1. The van der Waals surface area contributed by atoms with Crippen molar-refractivity contribution in [3.8, 4) is 11.5 Å². The quantitative estimate of drug-likeness (QED) is 0.903. The Kier molecular flexibility index (Phi) is 5.09. The van der Waals surface area contributed by atoms with Crippen LogP contribution < -0.4 is 14.8 Å². The number of rotatable bonds is 5. The van der Waals surface area contributed by atoms with E-state index in [1.165, 1.54) is 0 Å². The van der Waals surface area contributed by atoms with Gasteiger partial charge in [-0.3, -0.25) is 0 Å². The van der Waals surface area contributed by atoms with Crippen LogP contribution in [0.4, 0.5) is 0 Å². The number of methoxy groups -OCH3 is 2. The first-order valence-electron chi connectivity index (χ1n) is 5.20. The zero-order chi connectivity index (χ0) is 12.1. The highest BCUT2D eigenvalue weighted by Gasteiger charge is 2.11. The van der Waals surface area contributed by atoms with Gasteiger partial charge in [0.2, 0.25) is 0 Å². The van der Waals surface area contributed by atoms with Gasteiger partial charge < -0.3 is 14.8 Å². The van der Waals surface area contributed by atoms with Gasteiger partial charge in [0.25, 0.3) is 0 Å². The smallest absolute Gasteiger partial charge is 0.133 e. The summed E-state index contributed by atoms with van der Waals surface area (Å²) in [6.07, 6.45) is 0.906. The molecule has 0 aliphatic rings. The third-order valence-corrected chi connectivity index (χ3v) is 3.19. The molecule has 1 rings (SSSR count). The molecule has 1 N–H and O–H groups in total. The first kappa shape index (κ1) is 13.3. The Morgan fingerprint density at radius 3 is 2.38 bits per heavy atom. The number of likely N-dealkylation sites (N-methyl/N-ethyl adjacent to an activating group) is 1. The van der Waals surface area contributed by atoms with E-state index >= 15 is 0 Å². The van der Waals surface area contributed by atoms with E-state index in [1.54, 1.807) is 14.2 Å². The van der Waals surface area contributed by atoms with Gasteiger partial charge in [0.05, 0.1) is 18.7 Å². The largest absolute Gasteiger partial charge is 0.496 e. The molecule has 0 aromatic heterocycles. The summed E-state index contributed by atoms with van der Waals surface area (Å²) in [5, 5.41) is 3.21. The molecule has 3 nitrogen and oxygen atoms in total. The maximum absolute atomic E-state index is 5.36. The molecule has 0 saturated heterocycles. The van der Waals surface area contributed by atoms with Crippen molar-refractivity contribution in [2.24, 2.45) is 0 Å². The lowest BCUT2D eigenvalue weighted by Gasteiger charge is -2.15. The maximum Gasteiger partial charge on any atom is 0.133 e. The summed E-state index contributed by atoms with van der Waals surface area (Å²) in [7, 11) is 5.30. The van der Waals surface area contributed by atoms with Gasteiger partial charge >= 0.3 is 0 Å². The highest BCUT2D eigenvalue weighted by atomic mass is 79.9. The van der Waals surface area contributed by atoms with Gasteiger partial charge in [0.15, 0.2) is 0 Å². The van der Waals surface area contributed by atoms with E-state index in [0.29, 0.717) is 6.04 Å². The summed E-state index contributed by atoms with van der Waals surface area (Å²) >= 11 is 3.44. The van der Waals surface area contributed by atoms with Crippen LogP contribution in [-0.2, 0) is 6.42 Å². The van der Waals surface area contributed by atoms with Gasteiger partial charge in [-0.25, -0.2) is 0 Å². The molecule has 0 aliphatic heterocycles. The van der Waals surface area contributed by atoms with Gasteiger partial charge in [-0.05, 0) is 54.0 Å². The van der Waals surface area contributed by atoms with E-state index in [1.807, 2.05) is 19.2 Å². The van der Waals surface area contributed by atoms with Crippen molar-refractivity contribution in [3.05, 3.63) is 22.2 Å². The second kappa shape index (κ2) is 6.11. The van der Waals surface area contributed by atoms with Crippen molar-refractivity contribution in [3.63, 3.8) is 0 Å². The van der Waals surface area contributed by atoms with E-state index in [9.17, 15) is 0 Å². The fraction of sp³-hybridized carbons (Fsp3) is 0.500. The number of ether oxygens (including phenoxy) is 2. The van der Waals surface area contributed by atoms with Crippen LogP contribution in [-0.4, -0.2) is 27.3 Å². The zero-order valence-electron chi connectivity index (χ0n) is 10.1. The number of hydrogen-bond acceptors (Lipinski definition) is 3. The molecule has 1 unspecified atom stereocenters. The van der Waals surface area contributed by atoms with Crippen molar-refractivity contribution in [2.45, 2.75) is 19.4 Å². The van der Waals surface area contributed by atoms with E-state index in [4.69, 9.17) is 9.47 Å². The molecular weight excluding hydrogens is 270 g/mol. The van der Waals surface area contributed by atoms with Crippen LogP contribution in [0.15, 0.2) is 16.6 Å². The molecule has 4 heteroatoms. The van der Waals surface area contributed by atoms with Crippen molar-refractivity contribution >= 4 is 15.9 Å². The molecule has 1 aromatic carbocycles. The first-order valence-corrected chi connectivity index (χ1v) is 5.99. The normalized spacial score (nSPS) is 12.3. The Labute approximate surface area is 105 Å². The Hall–Kier alpha value is -0.740. The van der Waals surface area contributed by atoms with Gasteiger partial charge in [-0.2, -0.15) is 0 Å². The predicted molar refractivity (Wildman–Crippen MR) is 69.5 cm³/mol. The molecular formula is C12H18BrNO2. The van der Waals surface area contributed by atoms with Crippen molar-refractivity contribution in [2.75, 3.05) is 21.3 Å². The van der Waals surface area contributed by atoms with Gasteiger partial charge in [-0.15, -0.1) is 0 Å². The Morgan fingerprint density at radius 2 is 1.88 bits per heavy atom. The van der Waals surface area contributed by atoms with Gasteiger partial charge in [0, 0.05) is 6.04 Å². The standard InChI is InChI=1S/C12H18BrNO2/c1-8(14-2)5-9-6-12(16-4)10(13)7-11(9)15-3/h6-8,14H,5H2,1-4H3. The molecule has 0 heterocycles. The Morgan fingerprint density at radius 1 is 1.25 bits per heavy atom. The average Bonchev–Trinajstić information content (AvgIpc) is 2.30. The Balaban J connectivity index is 3.04. The topological polar surface area (TPSA) is 30.5 Å². The number of halogens is 1. The summed E-state index contributed by atoms with van der Waals surface area (Å²) in [6, 6.07) is 4.35. The third-order valence-electron chi connectivity index (χ3n) is 2.57. The highest BCUT2D eigenvalue weighted by Crippen LogP contribution is 2.33. The lowest BCUT2D eigenvalue weighted by Crippen LogP contribution is -2.23. The zero-order valence-corrected chi connectivity index (χ0v) is 11.7. The molecule has 0 radical (unpaired) electrons. The SMILES string of the molecule is CNC(C)Cc1cc(OC)c(Br)cc1OC. The molecule has 90 valence electrons. The summed E-state index contributed by atoms with van der Waals surface area (Å²) in [5.41, 5.74) is 1.14. The molecule has 0 fully saturated rings. The predicted octanol–water partition coefficient (Wildman–Crippen LogP) is 2.62. The van der Waals surface area contributed by atoms with Crippen LogP contribution in [0, 0.1) is 0 Å². The third kappa shape index (κ3) is 3.12. The Bertz CT molecular complexity index is 355. The van der Waals surface area contributed by atoms with Crippen LogP contribution in [0.25, 0.3) is 0 Å². The minimum absolute atomic E-state index is 0.403. The molecule has 16 heavy (non-hydrogen) atoms. The van der Waals surface area contributed by atoms with Crippen molar-refractivity contribution < 1.29 is 9.47 Å². The minimum Gasteiger partial charge on any atom is -0.496 e. The van der Waals surface area contributed by atoms with E-state index in [-0.39, 0.29) is 0 Å². The van der Waals surface area contributed by atoms with Crippen LogP contribution in [0.3, 0.4) is 0 Å². The van der Waals surface area contributed by atoms with Crippen molar-refractivity contribution in [1.82, 2.24) is 5.32 Å². The second-order valence-corrected chi connectivity index (χ2v) is 4.55. The van der Waals surface area contributed by atoms with Crippen LogP contribution in [0.2, 0.25) is 0 Å². The second-order valence-electron chi connectivity index (χ2n) is 3.69. The molecule has 1 aromatic rings. The average molecular weight is 288 g/mol. The van der Waals surface area contributed by atoms with Crippen molar-refractivity contribution in [1.29, 1.82) is 0 Å². The molecule has 0 bridgehead atoms. The number of nitrogens with one attached hydrogen (secondary N) is 1. The number of benzene rings is 1. The minimum atomic E-state index is 0.403. The molecule has 0 aliphatic carbocycles. The summed E-state index contributed by atoms with van der Waals surface area (Å²) in [5.74, 6) is 1.72. The first-order chi connectivity index (χ1) is 7.62. The van der Waals surface area contributed by atoms with Crippen LogP contribution in [0.5, 0.6) is 11.5 Å². The molecule has 0 amide bonds. The molecule has 0 spiro atoms. The van der Waals surface area contributed by atoms with Crippen LogP contribution in [0.1, 0.15) is 12.5 Å². The highest BCUT2D eigenvalue weighted by molar-refractivity contribution is 9.10. The fourth-order valence-electron chi connectivity index (χ4n) is 1.52. The maximum atomic E-state index is 5.36. The van der Waals surface area contributed by atoms with E-state index in [2.05, 4.69) is 28.2 Å².